The monoisotopic (exact) mass is 253 g/mol. The molecule has 18 heavy (non-hydrogen) atoms. The van der Waals surface area contributed by atoms with Crippen molar-refractivity contribution in [3.05, 3.63) is 0 Å². The van der Waals surface area contributed by atoms with Crippen molar-refractivity contribution in [3.63, 3.8) is 0 Å². The minimum atomic E-state index is 0.325. The van der Waals surface area contributed by atoms with Crippen LogP contribution in [0.2, 0.25) is 0 Å². The summed E-state index contributed by atoms with van der Waals surface area (Å²) in [6.07, 6.45) is 6.06. The van der Waals surface area contributed by atoms with Crippen LogP contribution in [0.15, 0.2) is 0 Å². The number of piperazine rings is 1. The van der Waals surface area contributed by atoms with E-state index in [-0.39, 0.29) is 0 Å². The Morgan fingerprint density at radius 2 is 1.44 bits per heavy atom. The molecule has 2 saturated heterocycles. The molecule has 0 amide bonds. The van der Waals surface area contributed by atoms with Gasteiger partial charge in [0.05, 0.1) is 12.2 Å². The highest BCUT2D eigenvalue weighted by Crippen LogP contribution is 2.30. The summed E-state index contributed by atoms with van der Waals surface area (Å²) in [6, 6.07) is 0. The molecule has 0 bridgehead atoms. The summed E-state index contributed by atoms with van der Waals surface area (Å²) >= 11 is 0. The quantitative estimate of drug-likeness (QED) is 0.776. The molecule has 3 fully saturated rings. The Bertz CT molecular complexity index is 262. The third kappa shape index (κ3) is 3.44. The number of hydrogen-bond donors (Lipinski definition) is 1. The number of nitrogens with zero attached hydrogens (tertiary/aromatic N) is 2. The molecule has 1 aliphatic carbocycles. The normalized spacial score (nSPS) is 35.2. The molecule has 3 aliphatic rings. The van der Waals surface area contributed by atoms with Gasteiger partial charge in [-0.15, -0.1) is 0 Å². The Kier molecular flexibility index (Phi) is 4.19. The maximum absolute atomic E-state index is 5.93. The van der Waals surface area contributed by atoms with Crippen LogP contribution in [0, 0.1) is 5.92 Å². The summed E-state index contributed by atoms with van der Waals surface area (Å²) in [5.74, 6) is 1.03. The fourth-order valence-electron chi connectivity index (χ4n) is 3.20. The van der Waals surface area contributed by atoms with Crippen LogP contribution < -0.4 is 5.73 Å². The molecule has 0 aromatic carbocycles. The van der Waals surface area contributed by atoms with Gasteiger partial charge in [-0.1, -0.05) is 0 Å². The van der Waals surface area contributed by atoms with Crippen LogP contribution in [0.3, 0.4) is 0 Å². The second kappa shape index (κ2) is 5.87. The van der Waals surface area contributed by atoms with Crippen LogP contribution in [-0.2, 0) is 4.74 Å². The van der Waals surface area contributed by atoms with E-state index in [1.807, 2.05) is 0 Å². The lowest BCUT2D eigenvalue weighted by molar-refractivity contribution is 0.0153. The Balaban J connectivity index is 1.35. The Morgan fingerprint density at radius 1 is 0.833 bits per heavy atom. The lowest BCUT2D eigenvalue weighted by Gasteiger charge is -2.35. The van der Waals surface area contributed by atoms with Gasteiger partial charge in [-0.25, -0.2) is 0 Å². The minimum absolute atomic E-state index is 0.325. The van der Waals surface area contributed by atoms with Gasteiger partial charge in [0.25, 0.3) is 0 Å². The van der Waals surface area contributed by atoms with E-state index in [0.29, 0.717) is 18.8 Å². The fraction of sp³-hybridized carbons (Fsp3) is 1.00. The van der Waals surface area contributed by atoms with E-state index in [1.54, 1.807) is 0 Å². The highest BCUT2D eigenvalue weighted by molar-refractivity contribution is 4.83. The van der Waals surface area contributed by atoms with Gasteiger partial charge in [-0.3, -0.25) is 4.90 Å². The molecule has 4 heteroatoms. The van der Waals surface area contributed by atoms with Gasteiger partial charge in [-0.2, -0.15) is 0 Å². The van der Waals surface area contributed by atoms with Crippen molar-refractivity contribution < 1.29 is 4.74 Å². The van der Waals surface area contributed by atoms with Crippen molar-refractivity contribution in [3.8, 4) is 0 Å². The van der Waals surface area contributed by atoms with Crippen LogP contribution in [0.5, 0.6) is 0 Å². The van der Waals surface area contributed by atoms with Crippen LogP contribution in [0.25, 0.3) is 0 Å². The Labute approximate surface area is 110 Å². The molecule has 0 radical (unpaired) electrons. The molecular formula is C14H27N3O. The first-order valence-electron chi connectivity index (χ1n) is 7.63. The zero-order chi connectivity index (χ0) is 12.4. The lowest BCUT2D eigenvalue weighted by atomic mass is 10.2. The van der Waals surface area contributed by atoms with E-state index >= 15 is 0 Å². The van der Waals surface area contributed by atoms with Crippen LogP contribution in [-0.4, -0.2) is 67.8 Å². The molecule has 0 aromatic rings. The van der Waals surface area contributed by atoms with Crippen LogP contribution in [0.1, 0.15) is 25.7 Å². The number of nitrogens with two attached hydrogens (primary N) is 1. The van der Waals surface area contributed by atoms with Gasteiger partial charge in [0.2, 0.25) is 0 Å². The van der Waals surface area contributed by atoms with Crippen molar-refractivity contribution >= 4 is 0 Å². The zero-order valence-electron chi connectivity index (χ0n) is 11.4. The first-order chi connectivity index (χ1) is 8.83. The van der Waals surface area contributed by atoms with E-state index in [4.69, 9.17) is 10.5 Å². The lowest BCUT2D eigenvalue weighted by Crippen LogP contribution is -2.49. The summed E-state index contributed by atoms with van der Waals surface area (Å²) in [4.78, 5) is 5.22. The highest BCUT2D eigenvalue weighted by Gasteiger charge is 2.29. The second-order valence-corrected chi connectivity index (χ2v) is 6.24. The fourth-order valence-corrected chi connectivity index (χ4v) is 3.20. The molecule has 2 N–H and O–H groups in total. The molecule has 2 atom stereocenters. The third-order valence-corrected chi connectivity index (χ3v) is 4.60. The SMILES string of the molecule is NCC1CCC(CN2CCN(CC3CC3)CC2)O1. The molecule has 3 rings (SSSR count). The topological polar surface area (TPSA) is 41.7 Å². The minimum Gasteiger partial charge on any atom is -0.372 e. The van der Waals surface area contributed by atoms with E-state index in [0.717, 1.165) is 18.9 Å². The number of ether oxygens (including phenoxy) is 1. The van der Waals surface area contributed by atoms with Gasteiger partial charge in [0.15, 0.2) is 0 Å². The van der Waals surface area contributed by atoms with Crippen molar-refractivity contribution in [2.45, 2.75) is 37.9 Å². The molecule has 2 aliphatic heterocycles. The molecule has 2 unspecified atom stereocenters. The van der Waals surface area contributed by atoms with E-state index in [9.17, 15) is 0 Å². The second-order valence-electron chi connectivity index (χ2n) is 6.24. The van der Waals surface area contributed by atoms with Crippen LogP contribution in [0.4, 0.5) is 0 Å². The smallest absolute Gasteiger partial charge is 0.0707 e. The van der Waals surface area contributed by atoms with Gasteiger partial charge >= 0.3 is 0 Å². The first-order valence-corrected chi connectivity index (χ1v) is 7.63. The van der Waals surface area contributed by atoms with E-state index in [1.165, 1.54) is 52.0 Å². The molecule has 2 heterocycles. The maximum atomic E-state index is 5.93. The number of rotatable bonds is 5. The summed E-state index contributed by atoms with van der Waals surface area (Å²) in [7, 11) is 0. The molecule has 4 nitrogen and oxygen atoms in total. The molecule has 0 spiro atoms. The van der Waals surface area contributed by atoms with Crippen molar-refractivity contribution in [1.82, 2.24) is 9.80 Å². The molecule has 0 aromatic heterocycles. The number of hydrogen-bond acceptors (Lipinski definition) is 4. The molecule has 104 valence electrons. The van der Waals surface area contributed by atoms with Crippen LogP contribution >= 0.6 is 0 Å². The molecule has 1 saturated carbocycles. The average molecular weight is 253 g/mol. The van der Waals surface area contributed by atoms with Crippen molar-refractivity contribution in [2.75, 3.05) is 45.8 Å². The predicted molar refractivity (Wildman–Crippen MR) is 72.6 cm³/mol. The van der Waals surface area contributed by atoms with E-state index in [2.05, 4.69) is 9.80 Å². The standard InChI is InChI=1S/C14H27N3O/c15-9-13-3-4-14(18-13)11-17-7-5-16(6-8-17)10-12-1-2-12/h12-14H,1-11,15H2. The highest BCUT2D eigenvalue weighted by atomic mass is 16.5. The van der Waals surface area contributed by atoms with Crippen molar-refractivity contribution in [2.24, 2.45) is 11.7 Å². The third-order valence-electron chi connectivity index (χ3n) is 4.60. The van der Waals surface area contributed by atoms with Gasteiger partial charge in [-0.05, 0) is 31.6 Å². The van der Waals surface area contributed by atoms with Gasteiger partial charge < -0.3 is 15.4 Å². The predicted octanol–water partition coefficient (Wildman–Crippen LogP) is 0.520. The van der Waals surface area contributed by atoms with Crippen molar-refractivity contribution in [1.29, 1.82) is 0 Å². The molecular weight excluding hydrogens is 226 g/mol. The maximum Gasteiger partial charge on any atom is 0.0707 e. The largest absolute Gasteiger partial charge is 0.372 e. The summed E-state index contributed by atoms with van der Waals surface area (Å²) in [6.45, 7) is 8.11. The van der Waals surface area contributed by atoms with Gasteiger partial charge in [0.1, 0.15) is 0 Å². The first kappa shape index (κ1) is 12.9. The van der Waals surface area contributed by atoms with E-state index < -0.39 is 0 Å². The van der Waals surface area contributed by atoms with Gasteiger partial charge in [0, 0.05) is 45.8 Å². The zero-order valence-corrected chi connectivity index (χ0v) is 11.4. The summed E-state index contributed by atoms with van der Waals surface area (Å²) < 4.78 is 5.93. The average Bonchev–Trinajstić information content (AvgIpc) is 3.09. The summed E-state index contributed by atoms with van der Waals surface area (Å²) in [5, 5.41) is 0. The Hall–Kier alpha value is -0.160. The Morgan fingerprint density at radius 3 is 2.00 bits per heavy atom. The summed E-state index contributed by atoms with van der Waals surface area (Å²) in [5.41, 5.74) is 5.65.